The van der Waals surface area contributed by atoms with E-state index in [0.717, 1.165) is 0 Å². The third kappa shape index (κ3) is 2.29. The normalized spacial score (nSPS) is 18.2. The summed E-state index contributed by atoms with van der Waals surface area (Å²) in [6.07, 6.45) is 1.23. The number of carbonyl (C=O) groups is 2. The summed E-state index contributed by atoms with van der Waals surface area (Å²) in [7, 11) is 0. The van der Waals surface area contributed by atoms with Gasteiger partial charge in [-0.1, -0.05) is 0 Å². The summed E-state index contributed by atoms with van der Waals surface area (Å²) >= 11 is 0. The zero-order valence-corrected chi connectivity index (χ0v) is 10.8. The summed E-state index contributed by atoms with van der Waals surface area (Å²) in [6.45, 7) is 1.12. The van der Waals surface area contributed by atoms with E-state index in [-0.39, 0.29) is 12.5 Å². The zero-order chi connectivity index (χ0) is 14.2. The lowest BCUT2D eigenvalue weighted by molar-refractivity contribution is -0.143. The number of hydrogen-bond donors (Lipinski definition) is 2. The monoisotopic (exact) mass is 277 g/mol. The molecule has 1 aromatic rings. The van der Waals surface area contributed by atoms with Crippen LogP contribution in [-0.4, -0.2) is 36.7 Å². The van der Waals surface area contributed by atoms with Crippen molar-refractivity contribution in [1.82, 2.24) is 5.32 Å². The minimum Gasteiger partial charge on any atom is -0.486 e. The molecule has 0 atom stereocenters. The average Bonchev–Trinajstić information content (AvgIpc) is 3.25. The van der Waals surface area contributed by atoms with Crippen molar-refractivity contribution in [1.29, 1.82) is 0 Å². The molecule has 1 aliphatic heterocycles. The van der Waals surface area contributed by atoms with E-state index in [9.17, 15) is 9.59 Å². The van der Waals surface area contributed by atoms with Crippen LogP contribution in [0.25, 0.3) is 0 Å². The van der Waals surface area contributed by atoms with E-state index in [1.807, 2.05) is 0 Å². The van der Waals surface area contributed by atoms with E-state index in [0.29, 0.717) is 43.1 Å². The van der Waals surface area contributed by atoms with Crippen LogP contribution in [0.5, 0.6) is 11.5 Å². The van der Waals surface area contributed by atoms with Gasteiger partial charge in [0, 0.05) is 12.1 Å². The summed E-state index contributed by atoms with van der Waals surface area (Å²) < 4.78 is 10.8. The Morgan fingerprint density at radius 2 is 1.90 bits per heavy atom. The predicted octanol–water partition coefficient (Wildman–Crippen LogP) is 1.05. The van der Waals surface area contributed by atoms with Crippen molar-refractivity contribution in [2.24, 2.45) is 5.41 Å². The van der Waals surface area contributed by atoms with Crippen LogP contribution >= 0.6 is 0 Å². The van der Waals surface area contributed by atoms with E-state index in [2.05, 4.69) is 5.32 Å². The third-order valence-electron chi connectivity index (χ3n) is 3.70. The number of carboxylic acids is 1. The lowest BCUT2D eigenvalue weighted by Gasteiger charge is -2.19. The molecule has 0 unspecified atom stereocenters. The first-order valence-electron chi connectivity index (χ1n) is 6.52. The van der Waals surface area contributed by atoms with Crippen LogP contribution in [0, 0.1) is 5.41 Å². The second-order valence-corrected chi connectivity index (χ2v) is 5.13. The highest BCUT2D eigenvalue weighted by Crippen LogP contribution is 2.45. The highest BCUT2D eigenvalue weighted by Gasteiger charge is 2.50. The SMILES string of the molecule is O=C(NCC1(C(=O)O)CC1)c1ccc2c(c1)OCCO2. The molecule has 1 fully saturated rings. The van der Waals surface area contributed by atoms with Gasteiger partial charge in [0.1, 0.15) is 13.2 Å². The van der Waals surface area contributed by atoms with Crippen LogP contribution in [0.15, 0.2) is 18.2 Å². The maximum Gasteiger partial charge on any atom is 0.311 e. The molecule has 1 amide bonds. The lowest BCUT2D eigenvalue weighted by atomic mass is 10.1. The molecule has 0 bridgehead atoms. The molecule has 6 heteroatoms. The zero-order valence-electron chi connectivity index (χ0n) is 10.8. The van der Waals surface area contributed by atoms with Crippen molar-refractivity contribution in [2.75, 3.05) is 19.8 Å². The summed E-state index contributed by atoms with van der Waals surface area (Å²) in [5.41, 5.74) is -0.320. The fraction of sp³-hybridized carbons (Fsp3) is 0.429. The minimum absolute atomic E-state index is 0.162. The van der Waals surface area contributed by atoms with Gasteiger partial charge in [-0.2, -0.15) is 0 Å². The number of benzene rings is 1. The molecule has 6 nitrogen and oxygen atoms in total. The van der Waals surface area contributed by atoms with Gasteiger partial charge in [0.15, 0.2) is 11.5 Å². The van der Waals surface area contributed by atoms with Crippen molar-refractivity contribution in [2.45, 2.75) is 12.8 Å². The first-order valence-corrected chi connectivity index (χ1v) is 6.52. The molecular formula is C14H15NO5. The molecule has 3 rings (SSSR count). The summed E-state index contributed by atoms with van der Waals surface area (Å²) in [4.78, 5) is 23.1. The Morgan fingerprint density at radius 1 is 1.20 bits per heavy atom. The molecule has 1 saturated carbocycles. The Morgan fingerprint density at radius 3 is 2.55 bits per heavy atom. The smallest absolute Gasteiger partial charge is 0.311 e. The highest BCUT2D eigenvalue weighted by atomic mass is 16.6. The number of carboxylic acid groups (broad SMARTS) is 1. The van der Waals surface area contributed by atoms with Crippen LogP contribution in [0.2, 0.25) is 0 Å². The number of rotatable bonds is 4. The average molecular weight is 277 g/mol. The number of aliphatic carboxylic acids is 1. The van der Waals surface area contributed by atoms with Gasteiger partial charge in [-0.15, -0.1) is 0 Å². The van der Waals surface area contributed by atoms with Crippen LogP contribution in [-0.2, 0) is 4.79 Å². The number of ether oxygens (including phenoxy) is 2. The number of hydrogen-bond acceptors (Lipinski definition) is 4. The number of amides is 1. The molecule has 0 radical (unpaired) electrons. The molecule has 20 heavy (non-hydrogen) atoms. The van der Waals surface area contributed by atoms with Gasteiger partial charge < -0.3 is 19.9 Å². The Hall–Kier alpha value is -2.24. The maximum absolute atomic E-state index is 12.0. The second kappa shape index (κ2) is 4.70. The quantitative estimate of drug-likeness (QED) is 0.859. The van der Waals surface area contributed by atoms with Crippen LogP contribution < -0.4 is 14.8 Å². The molecule has 2 aliphatic rings. The van der Waals surface area contributed by atoms with E-state index in [1.54, 1.807) is 18.2 Å². The van der Waals surface area contributed by atoms with Crippen molar-refractivity contribution < 1.29 is 24.2 Å². The van der Waals surface area contributed by atoms with E-state index < -0.39 is 11.4 Å². The molecule has 0 spiro atoms. The van der Waals surface area contributed by atoms with E-state index in [4.69, 9.17) is 14.6 Å². The molecule has 2 N–H and O–H groups in total. The van der Waals surface area contributed by atoms with Crippen molar-refractivity contribution in [3.05, 3.63) is 23.8 Å². The molecule has 1 aromatic carbocycles. The summed E-state index contributed by atoms with van der Waals surface area (Å²) in [6, 6.07) is 4.95. The fourth-order valence-electron chi connectivity index (χ4n) is 2.15. The van der Waals surface area contributed by atoms with Gasteiger partial charge in [0.2, 0.25) is 0 Å². The second-order valence-electron chi connectivity index (χ2n) is 5.13. The third-order valence-corrected chi connectivity index (χ3v) is 3.70. The van der Waals surface area contributed by atoms with Crippen molar-refractivity contribution in [3.63, 3.8) is 0 Å². The maximum atomic E-state index is 12.0. The first-order chi connectivity index (χ1) is 9.61. The van der Waals surface area contributed by atoms with Crippen molar-refractivity contribution >= 4 is 11.9 Å². The van der Waals surface area contributed by atoms with E-state index >= 15 is 0 Å². The van der Waals surface area contributed by atoms with Gasteiger partial charge in [-0.25, -0.2) is 0 Å². The van der Waals surface area contributed by atoms with Gasteiger partial charge >= 0.3 is 5.97 Å². The first kappa shape index (κ1) is 12.8. The van der Waals surface area contributed by atoms with Gasteiger partial charge in [0.05, 0.1) is 5.41 Å². The largest absolute Gasteiger partial charge is 0.486 e. The predicted molar refractivity (Wildman–Crippen MR) is 69.1 cm³/mol. The van der Waals surface area contributed by atoms with Gasteiger partial charge in [-0.05, 0) is 31.0 Å². The fourth-order valence-corrected chi connectivity index (χ4v) is 2.15. The number of carbonyl (C=O) groups excluding carboxylic acids is 1. The summed E-state index contributed by atoms with van der Waals surface area (Å²) in [5.74, 6) is 0.0229. The Kier molecular flexibility index (Phi) is 3.00. The summed E-state index contributed by atoms with van der Waals surface area (Å²) in [5, 5.41) is 11.7. The number of nitrogens with one attached hydrogen (secondary N) is 1. The minimum atomic E-state index is -0.847. The Bertz CT molecular complexity index is 565. The lowest BCUT2D eigenvalue weighted by Crippen LogP contribution is -2.34. The molecule has 1 aliphatic carbocycles. The van der Waals surface area contributed by atoms with E-state index in [1.165, 1.54) is 0 Å². The molecule has 0 saturated heterocycles. The Balaban J connectivity index is 1.67. The van der Waals surface area contributed by atoms with Crippen LogP contribution in [0.1, 0.15) is 23.2 Å². The number of fused-ring (bicyclic) bond motifs is 1. The topological polar surface area (TPSA) is 84.9 Å². The molecule has 106 valence electrons. The van der Waals surface area contributed by atoms with Gasteiger partial charge in [-0.3, -0.25) is 9.59 Å². The Labute approximate surface area is 115 Å². The highest BCUT2D eigenvalue weighted by molar-refractivity contribution is 5.95. The molecule has 1 heterocycles. The molecule has 0 aromatic heterocycles. The van der Waals surface area contributed by atoms with Crippen LogP contribution in [0.4, 0.5) is 0 Å². The standard InChI is InChI=1S/C14H15NO5/c16-12(15-8-14(3-4-14)13(17)18)9-1-2-10-11(7-9)20-6-5-19-10/h1-2,7H,3-6,8H2,(H,15,16)(H,17,18). The van der Waals surface area contributed by atoms with Gasteiger partial charge in [0.25, 0.3) is 5.91 Å². The molecular weight excluding hydrogens is 262 g/mol. The van der Waals surface area contributed by atoms with Crippen molar-refractivity contribution in [3.8, 4) is 11.5 Å². The van der Waals surface area contributed by atoms with Crippen LogP contribution in [0.3, 0.4) is 0 Å².